The van der Waals surface area contributed by atoms with E-state index in [1.807, 2.05) is 48.5 Å². The van der Waals surface area contributed by atoms with E-state index in [4.69, 9.17) is 0 Å². The number of fused-ring (bicyclic) bond motifs is 1. The highest BCUT2D eigenvalue weighted by atomic mass is 16.1. The van der Waals surface area contributed by atoms with Crippen molar-refractivity contribution in [3.05, 3.63) is 77.5 Å². The molecule has 2 aromatic carbocycles. The molecule has 0 unspecified atom stereocenters. The molecule has 2 nitrogen and oxygen atoms in total. The third-order valence-electron chi connectivity index (χ3n) is 3.82. The summed E-state index contributed by atoms with van der Waals surface area (Å²) in [6.45, 7) is 6.57. The molecule has 3 rings (SSSR count). The molecule has 1 aromatic heterocycles. The molecule has 0 saturated carbocycles. The SMILES string of the molecule is CC(C)(C)c1ccc2nc(C(=O)c3ccccc3)ccc2c1. The van der Waals surface area contributed by atoms with Crippen LogP contribution in [-0.4, -0.2) is 10.8 Å². The number of ketones is 1. The van der Waals surface area contributed by atoms with Crippen molar-refractivity contribution in [1.29, 1.82) is 0 Å². The molecule has 2 heteroatoms. The van der Waals surface area contributed by atoms with Crippen molar-refractivity contribution in [2.24, 2.45) is 0 Å². The Bertz CT molecular complexity index is 829. The lowest BCUT2D eigenvalue weighted by molar-refractivity contribution is 0.103. The molecule has 0 bridgehead atoms. The topological polar surface area (TPSA) is 30.0 Å². The van der Waals surface area contributed by atoms with Gasteiger partial charge in [-0.25, -0.2) is 4.98 Å². The van der Waals surface area contributed by atoms with Crippen molar-refractivity contribution in [3.8, 4) is 0 Å². The standard InChI is InChI=1S/C20H19NO/c1-20(2,3)16-10-12-17-15(13-16)9-11-18(21-17)19(22)14-7-5-4-6-8-14/h4-13H,1-3H3. The lowest BCUT2D eigenvalue weighted by atomic mass is 9.86. The zero-order valence-electron chi connectivity index (χ0n) is 13.1. The quantitative estimate of drug-likeness (QED) is 0.636. The number of hydrogen-bond acceptors (Lipinski definition) is 2. The summed E-state index contributed by atoms with van der Waals surface area (Å²) in [6, 6.07) is 19.3. The summed E-state index contributed by atoms with van der Waals surface area (Å²) in [7, 11) is 0. The average Bonchev–Trinajstić information content (AvgIpc) is 2.53. The first-order valence-corrected chi connectivity index (χ1v) is 7.46. The zero-order chi connectivity index (χ0) is 15.7. The van der Waals surface area contributed by atoms with Gasteiger partial charge in [0.2, 0.25) is 5.78 Å². The maximum atomic E-state index is 12.5. The molecule has 0 aliphatic carbocycles. The van der Waals surface area contributed by atoms with Crippen molar-refractivity contribution in [2.75, 3.05) is 0 Å². The normalized spacial score (nSPS) is 11.6. The van der Waals surface area contributed by atoms with Gasteiger partial charge in [-0.05, 0) is 29.2 Å². The molecular formula is C20H19NO. The fourth-order valence-electron chi connectivity index (χ4n) is 2.46. The van der Waals surface area contributed by atoms with Crippen LogP contribution in [-0.2, 0) is 5.41 Å². The Kier molecular flexibility index (Phi) is 3.53. The molecule has 22 heavy (non-hydrogen) atoms. The van der Waals surface area contributed by atoms with E-state index >= 15 is 0 Å². The molecule has 0 radical (unpaired) electrons. The predicted octanol–water partition coefficient (Wildman–Crippen LogP) is 4.76. The number of carbonyl (C=O) groups is 1. The van der Waals surface area contributed by atoms with Gasteiger partial charge in [0.25, 0.3) is 0 Å². The minimum Gasteiger partial charge on any atom is -0.287 e. The predicted molar refractivity (Wildman–Crippen MR) is 90.3 cm³/mol. The van der Waals surface area contributed by atoms with Crippen molar-refractivity contribution in [3.63, 3.8) is 0 Å². The van der Waals surface area contributed by atoms with Crippen LogP contribution in [0.3, 0.4) is 0 Å². The minimum atomic E-state index is -0.0394. The molecule has 0 atom stereocenters. The van der Waals surface area contributed by atoms with Crippen LogP contribution < -0.4 is 0 Å². The number of carbonyl (C=O) groups excluding carboxylic acids is 1. The van der Waals surface area contributed by atoms with Gasteiger partial charge in [-0.1, -0.05) is 63.2 Å². The number of hydrogen-bond donors (Lipinski definition) is 0. The Morgan fingerprint density at radius 3 is 2.32 bits per heavy atom. The van der Waals surface area contributed by atoms with E-state index < -0.39 is 0 Å². The first kappa shape index (κ1) is 14.5. The number of pyridine rings is 1. The second-order valence-corrected chi connectivity index (χ2v) is 6.55. The lowest BCUT2D eigenvalue weighted by Gasteiger charge is -2.19. The molecule has 0 N–H and O–H groups in total. The number of nitrogens with zero attached hydrogens (tertiary/aromatic N) is 1. The Morgan fingerprint density at radius 2 is 1.64 bits per heavy atom. The van der Waals surface area contributed by atoms with Gasteiger partial charge in [-0.3, -0.25) is 4.79 Å². The Balaban J connectivity index is 2.02. The molecule has 0 amide bonds. The maximum absolute atomic E-state index is 12.5. The van der Waals surface area contributed by atoms with Crippen LogP contribution in [0, 0.1) is 0 Å². The van der Waals surface area contributed by atoms with E-state index in [0.717, 1.165) is 10.9 Å². The van der Waals surface area contributed by atoms with Gasteiger partial charge in [0.05, 0.1) is 5.52 Å². The third-order valence-corrected chi connectivity index (χ3v) is 3.82. The Morgan fingerprint density at radius 1 is 0.909 bits per heavy atom. The van der Waals surface area contributed by atoms with Gasteiger partial charge in [-0.15, -0.1) is 0 Å². The maximum Gasteiger partial charge on any atom is 0.211 e. The monoisotopic (exact) mass is 289 g/mol. The zero-order valence-corrected chi connectivity index (χ0v) is 13.1. The first-order chi connectivity index (χ1) is 10.4. The largest absolute Gasteiger partial charge is 0.287 e. The van der Waals surface area contributed by atoms with Crippen molar-refractivity contribution in [2.45, 2.75) is 26.2 Å². The molecule has 1 heterocycles. The summed E-state index contributed by atoms with van der Waals surface area (Å²) < 4.78 is 0. The minimum absolute atomic E-state index is 0.0394. The second-order valence-electron chi connectivity index (χ2n) is 6.55. The van der Waals surface area contributed by atoms with E-state index in [-0.39, 0.29) is 11.2 Å². The number of rotatable bonds is 2. The smallest absolute Gasteiger partial charge is 0.211 e. The Hall–Kier alpha value is -2.48. The molecule has 3 aromatic rings. The van der Waals surface area contributed by atoms with E-state index in [0.29, 0.717) is 11.3 Å². The summed E-state index contributed by atoms with van der Waals surface area (Å²) in [5, 5.41) is 1.07. The molecular weight excluding hydrogens is 270 g/mol. The summed E-state index contributed by atoms with van der Waals surface area (Å²) in [4.78, 5) is 17.0. The van der Waals surface area contributed by atoms with Gasteiger partial charge in [-0.2, -0.15) is 0 Å². The van der Waals surface area contributed by atoms with Crippen molar-refractivity contribution < 1.29 is 4.79 Å². The fraction of sp³-hybridized carbons (Fsp3) is 0.200. The highest BCUT2D eigenvalue weighted by molar-refractivity contribution is 6.08. The highest BCUT2D eigenvalue weighted by Crippen LogP contribution is 2.25. The average molecular weight is 289 g/mol. The van der Waals surface area contributed by atoms with E-state index in [1.165, 1.54) is 5.56 Å². The van der Waals surface area contributed by atoms with E-state index in [9.17, 15) is 4.79 Å². The number of benzene rings is 2. The Labute approximate surface area is 130 Å². The number of aromatic nitrogens is 1. The van der Waals surface area contributed by atoms with Gasteiger partial charge in [0.1, 0.15) is 5.69 Å². The van der Waals surface area contributed by atoms with Crippen LogP contribution in [0.1, 0.15) is 42.4 Å². The van der Waals surface area contributed by atoms with E-state index in [1.54, 1.807) is 0 Å². The van der Waals surface area contributed by atoms with Crippen molar-refractivity contribution in [1.82, 2.24) is 4.98 Å². The van der Waals surface area contributed by atoms with Gasteiger partial charge >= 0.3 is 0 Å². The molecule has 110 valence electrons. The summed E-state index contributed by atoms with van der Waals surface area (Å²) in [6.07, 6.45) is 0. The third kappa shape index (κ3) is 2.77. The van der Waals surface area contributed by atoms with Crippen LogP contribution in [0.5, 0.6) is 0 Å². The molecule has 0 aliphatic heterocycles. The summed E-state index contributed by atoms with van der Waals surface area (Å²) >= 11 is 0. The molecule has 0 fully saturated rings. The van der Waals surface area contributed by atoms with Crippen LogP contribution >= 0.6 is 0 Å². The van der Waals surface area contributed by atoms with Crippen molar-refractivity contribution >= 4 is 16.7 Å². The van der Waals surface area contributed by atoms with Crippen LogP contribution in [0.15, 0.2) is 60.7 Å². The van der Waals surface area contributed by atoms with Gasteiger partial charge < -0.3 is 0 Å². The fourth-order valence-corrected chi connectivity index (χ4v) is 2.46. The van der Waals surface area contributed by atoms with Crippen LogP contribution in [0.2, 0.25) is 0 Å². The second kappa shape index (κ2) is 5.38. The van der Waals surface area contributed by atoms with Crippen LogP contribution in [0.25, 0.3) is 10.9 Å². The summed E-state index contributed by atoms with van der Waals surface area (Å²) in [5.74, 6) is -0.0394. The highest BCUT2D eigenvalue weighted by Gasteiger charge is 2.15. The lowest BCUT2D eigenvalue weighted by Crippen LogP contribution is -2.11. The summed E-state index contributed by atoms with van der Waals surface area (Å²) in [5.41, 5.74) is 3.38. The van der Waals surface area contributed by atoms with E-state index in [2.05, 4.69) is 37.9 Å². The molecule has 0 aliphatic rings. The molecule has 0 saturated heterocycles. The van der Waals surface area contributed by atoms with Gasteiger partial charge in [0, 0.05) is 10.9 Å². The molecule has 0 spiro atoms. The first-order valence-electron chi connectivity index (χ1n) is 7.46. The van der Waals surface area contributed by atoms with Gasteiger partial charge in [0.15, 0.2) is 0 Å². The van der Waals surface area contributed by atoms with Crippen LogP contribution in [0.4, 0.5) is 0 Å².